The summed E-state index contributed by atoms with van der Waals surface area (Å²) >= 11 is 7.92. The smallest absolute Gasteiger partial charge is 0.280 e. The van der Waals surface area contributed by atoms with Gasteiger partial charge in [-0.3, -0.25) is 15.6 Å². The highest BCUT2D eigenvalue weighted by molar-refractivity contribution is 8.00. The molecular formula is C12H17N3O2S3. The fraction of sp³-hybridized carbons (Fsp3) is 0.500. The molecular weight excluding hydrogens is 314 g/mol. The standard InChI is InChI=1S/C12H17N3O2S3/c1-13-12(18)15-14-10(17)9-6-4-3-5-7(16)8(6)11(19-2)20-9/h7,16H,3-5H2,1-2H3,(H,14,17)(H2,13,15,18). The summed E-state index contributed by atoms with van der Waals surface area (Å²) in [6, 6.07) is 0. The summed E-state index contributed by atoms with van der Waals surface area (Å²) in [6.45, 7) is 0. The Morgan fingerprint density at radius 2 is 2.25 bits per heavy atom. The zero-order valence-corrected chi connectivity index (χ0v) is 13.7. The van der Waals surface area contributed by atoms with Gasteiger partial charge in [0.2, 0.25) is 0 Å². The van der Waals surface area contributed by atoms with Crippen molar-refractivity contribution in [1.82, 2.24) is 16.2 Å². The molecule has 0 spiro atoms. The minimum atomic E-state index is -0.453. The van der Waals surface area contributed by atoms with Crippen molar-refractivity contribution in [2.24, 2.45) is 0 Å². The van der Waals surface area contributed by atoms with E-state index in [0.717, 1.165) is 34.6 Å². The summed E-state index contributed by atoms with van der Waals surface area (Å²) in [5, 5.41) is 13.2. The fourth-order valence-electron chi connectivity index (χ4n) is 2.22. The summed E-state index contributed by atoms with van der Waals surface area (Å²) in [4.78, 5) is 12.9. The van der Waals surface area contributed by atoms with E-state index in [1.807, 2.05) is 6.26 Å². The second-order valence-electron chi connectivity index (χ2n) is 4.38. The van der Waals surface area contributed by atoms with Gasteiger partial charge in [0.05, 0.1) is 15.2 Å². The van der Waals surface area contributed by atoms with Gasteiger partial charge in [0.15, 0.2) is 5.11 Å². The third kappa shape index (κ3) is 3.08. The first-order valence-electron chi connectivity index (χ1n) is 6.24. The highest BCUT2D eigenvalue weighted by Crippen LogP contribution is 2.43. The Bertz CT molecular complexity index is 530. The molecule has 110 valence electrons. The lowest BCUT2D eigenvalue weighted by Gasteiger charge is -2.19. The van der Waals surface area contributed by atoms with Crippen LogP contribution in [0.1, 0.15) is 39.7 Å². The van der Waals surface area contributed by atoms with Gasteiger partial charge in [0.1, 0.15) is 0 Å². The van der Waals surface area contributed by atoms with Crippen LogP contribution in [0.15, 0.2) is 4.21 Å². The van der Waals surface area contributed by atoms with E-state index in [2.05, 4.69) is 16.2 Å². The molecule has 0 saturated carbocycles. The number of thiophene rings is 1. The van der Waals surface area contributed by atoms with Crippen molar-refractivity contribution in [2.75, 3.05) is 13.3 Å². The average molecular weight is 331 g/mol. The number of carbonyl (C=O) groups is 1. The van der Waals surface area contributed by atoms with Crippen molar-refractivity contribution in [3.8, 4) is 0 Å². The molecule has 8 heteroatoms. The van der Waals surface area contributed by atoms with Crippen LogP contribution in [0.25, 0.3) is 0 Å². The largest absolute Gasteiger partial charge is 0.388 e. The molecule has 2 rings (SSSR count). The minimum absolute atomic E-state index is 0.210. The molecule has 1 aliphatic rings. The Labute approximate surface area is 131 Å². The monoisotopic (exact) mass is 331 g/mol. The molecule has 1 aliphatic carbocycles. The van der Waals surface area contributed by atoms with Crippen LogP contribution in [0, 0.1) is 0 Å². The van der Waals surface area contributed by atoms with Gasteiger partial charge >= 0.3 is 0 Å². The first-order chi connectivity index (χ1) is 9.58. The number of hydrogen-bond donors (Lipinski definition) is 4. The normalized spacial score (nSPS) is 17.2. The van der Waals surface area contributed by atoms with Crippen LogP contribution in [0.5, 0.6) is 0 Å². The molecule has 1 amide bonds. The number of thiocarbonyl (C=S) groups is 1. The van der Waals surface area contributed by atoms with Crippen molar-refractivity contribution in [1.29, 1.82) is 0 Å². The van der Waals surface area contributed by atoms with Gasteiger partial charge in [0, 0.05) is 12.6 Å². The number of fused-ring (bicyclic) bond motifs is 1. The third-order valence-corrected chi connectivity index (χ3v) is 5.85. The van der Waals surface area contributed by atoms with Gasteiger partial charge in [-0.2, -0.15) is 0 Å². The lowest BCUT2D eigenvalue weighted by Crippen LogP contribution is -2.45. The molecule has 0 fully saturated rings. The van der Waals surface area contributed by atoms with E-state index in [1.54, 1.807) is 18.8 Å². The molecule has 0 radical (unpaired) electrons. The Hall–Kier alpha value is -0.830. The van der Waals surface area contributed by atoms with Crippen LogP contribution < -0.4 is 16.2 Å². The molecule has 4 N–H and O–H groups in total. The van der Waals surface area contributed by atoms with Crippen LogP contribution in [-0.2, 0) is 6.42 Å². The average Bonchev–Trinajstić information content (AvgIpc) is 2.84. The lowest BCUT2D eigenvalue weighted by molar-refractivity contribution is 0.0946. The molecule has 1 aromatic heterocycles. The van der Waals surface area contributed by atoms with Gasteiger partial charge in [-0.25, -0.2) is 0 Å². The first-order valence-corrected chi connectivity index (χ1v) is 8.69. The van der Waals surface area contributed by atoms with Crippen molar-refractivity contribution >= 4 is 46.3 Å². The number of thioether (sulfide) groups is 1. The number of carbonyl (C=O) groups excluding carboxylic acids is 1. The number of aliphatic hydroxyl groups is 1. The maximum Gasteiger partial charge on any atom is 0.280 e. The Balaban J connectivity index is 2.24. The van der Waals surface area contributed by atoms with Crippen molar-refractivity contribution in [3.05, 3.63) is 16.0 Å². The van der Waals surface area contributed by atoms with E-state index in [-0.39, 0.29) is 5.91 Å². The molecule has 1 heterocycles. The maximum atomic E-state index is 12.2. The van der Waals surface area contributed by atoms with Crippen molar-refractivity contribution < 1.29 is 9.90 Å². The molecule has 0 bridgehead atoms. The van der Waals surface area contributed by atoms with Crippen LogP contribution in [-0.4, -0.2) is 29.4 Å². The molecule has 1 atom stereocenters. The summed E-state index contributed by atoms with van der Waals surface area (Å²) in [5.74, 6) is -0.210. The summed E-state index contributed by atoms with van der Waals surface area (Å²) in [6.07, 6.45) is 4.01. The molecule has 5 nitrogen and oxygen atoms in total. The Morgan fingerprint density at radius 3 is 2.90 bits per heavy atom. The summed E-state index contributed by atoms with van der Waals surface area (Å²) in [7, 11) is 1.68. The SMILES string of the molecule is CNC(=S)NNC(=O)c1sc(SC)c2c1CCCC2O. The van der Waals surface area contributed by atoms with Crippen LogP contribution in [0.4, 0.5) is 0 Å². The highest BCUT2D eigenvalue weighted by Gasteiger charge is 2.29. The van der Waals surface area contributed by atoms with Crippen molar-refractivity contribution in [2.45, 2.75) is 29.6 Å². The Morgan fingerprint density at radius 1 is 1.50 bits per heavy atom. The summed E-state index contributed by atoms with van der Waals surface area (Å²) < 4.78 is 1.02. The van der Waals surface area contributed by atoms with E-state index in [9.17, 15) is 9.90 Å². The molecule has 1 aromatic rings. The van der Waals surface area contributed by atoms with Crippen molar-refractivity contribution in [3.63, 3.8) is 0 Å². The second kappa shape index (κ2) is 6.75. The quantitative estimate of drug-likeness (QED) is 0.375. The highest BCUT2D eigenvalue weighted by atomic mass is 32.2. The molecule has 0 aromatic carbocycles. The van der Waals surface area contributed by atoms with Gasteiger partial charge in [-0.05, 0) is 43.3 Å². The van der Waals surface area contributed by atoms with Gasteiger partial charge in [0.25, 0.3) is 5.91 Å². The predicted octanol–water partition coefficient (Wildman–Crippen LogP) is 1.58. The number of hydrazine groups is 1. The van der Waals surface area contributed by atoms with Gasteiger partial charge in [-0.15, -0.1) is 23.1 Å². The third-order valence-electron chi connectivity index (χ3n) is 3.16. The first kappa shape index (κ1) is 15.6. The topological polar surface area (TPSA) is 73.4 Å². The van der Waals surface area contributed by atoms with Gasteiger partial charge in [-0.1, -0.05) is 0 Å². The number of nitrogens with one attached hydrogen (secondary N) is 3. The van der Waals surface area contributed by atoms with Crippen LogP contribution >= 0.6 is 35.3 Å². The molecule has 0 saturated heterocycles. The van der Waals surface area contributed by atoms with E-state index in [1.165, 1.54) is 11.3 Å². The predicted molar refractivity (Wildman–Crippen MR) is 86.3 cm³/mol. The minimum Gasteiger partial charge on any atom is -0.388 e. The molecule has 1 unspecified atom stereocenters. The van der Waals surface area contributed by atoms with Crippen LogP contribution in [0.2, 0.25) is 0 Å². The number of amides is 1. The molecule has 0 aliphatic heterocycles. The van der Waals surface area contributed by atoms with E-state index in [4.69, 9.17) is 12.2 Å². The second-order valence-corrected chi connectivity index (χ2v) is 6.89. The number of hydrogen-bond acceptors (Lipinski definition) is 5. The molecule has 20 heavy (non-hydrogen) atoms. The van der Waals surface area contributed by atoms with E-state index < -0.39 is 6.10 Å². The zero-order valence-electron chi connectivity index (χ0n) is 11.3. The van der Waals surface area contributed by atoms with Gasteiger partial charge < -0.3 is 10.4 Å². The van der Waals surface area contributed by atoms with E-state index >= 15 is 0 Å². The summed E-state index contributed by atoms with van der Waals surface area (Å²) in [5.41, 5.74) is 7.13. The zero-order chi connectivity index (χ0) is 14.7. The maximum absolute atomic E-state index is 12.2. The lowest BCUT2D eigenvalue weighted by atomic mass is 9.91. The number of rotatable bonds is 2. The van der Waals surface area contributed by atoms with E-state index in [0.29, 0.717) is 9.99 Å². The number of aliphatic hydroxyl groups excluding tert-OH is 1. The fourth-order valence-corrected chi connectivity index (χ4v) is 4.37. The van der Waals surface area contributed by atoms with Crippen LogP contribution in [0.3, 0.4) is 0 Å². The Kier molecular flexibility index (Phi) is 5.25.